The van der Waals surface area contributed by atoms with Crippen LogP contribution in [0.1, 0.15) is 10.4 Å². The van der Waals surface area contributed by atoms with E-state index >= 15 is 0 Å². The third-order valence-corrected chi connectivity index (χ3v) is 2.68. The maximum atomic E-state index is 13.7. The van der Waals surface area contributed by atoms with Gasteiger partial charge in [-0.2, -0.15) is 17.6 Å². The van der Waals surface area contributed by atoms with Crippen molar-refractivity contribution in [1.29, 1.82) is 0 Å². The van der Waals surface area contributed by atoms with E-state index in [4.69, 9.17) is 0 Å². The van der Waals surface area contributed by atoms with E-state index in [0.29, 0.717) is 0 Å². The summed E-state index contributed by atoms with van der Waals surface area (Å²) in [5.41, 5.74) is -0.515. The standard InChI is InChI=1S/C15H10F4O2/c16-14(17,13(20)11-7-3-1-4-8-11)15(18,19)21-12-9-5-2-6-10-12/h1-10H. The van der Waals surface area contributed by atoms with E-state index in [2.05, 4.69) is 4.74 Å². The van der Waals surface area contributed by atoms with Crippen molar-refractivity contribution in [2.45, 2.75) is 12.0 Å². The molecule has 2 rings (SSSR count). The molecule has 2 aromatic carbocycles. The Kier molecular flexibility index (Phi) is 3.97. The van der Waals surface area contributed by atoms with Crippen LogP contribution in [0.25, 0.3) is 0 Å². The van der Waals surface area contributed by atoms with Gasteiger partial charge in [0.05, 0.1) is 0 Å². The maximum Gasteiger partial charge on any atom is 0.472 e. The van der Waals surface area contributed by atoms with Gasteiger partial charge in [0, 0.05) is 5.56 Å². The Morgan fingerprint density at radius 3 is 1.81 bits per heavy atom. The van der Waals surface area contributed by atoms with Gasteiger partial charge in [0.1, 0.15) is 5.75 Å². The van der Waals surface area contributed by atoms with E-state index in [-0.39, 0.29) is 0 Å². The van der Waals surface area contributed by atoms with Crippen molar-refractivity contribution >= 4 is 5.78 Å². The van der Waals surface area contributed by atoms with Gasteiger partial charge in [0.15, 0.2) is 0 Å². The van der Waals surface area contributed by atoms with Gasteiger partial charge in [-0.05, 0) is 12.1 Å². The molecule has 0 heterocycles. The first kappa shape index (κ1) is 15.0. The molecule has 0 saturated heterocycles. The van der Waals surface area contributed by atoms with Crippen molar-refractivity contribution in [2.75, 3.05) is 0 Å². The van der Waals surface area contributed by atoms with Crippen molar-refractivity contribution in [3.8, 4) is 5.75 Å². The Morgan fingerprint density at radius 2 is 1.29 bits per heavy atom. The second-order valence-corrected chi connectivity index (χ2v) is 4.20. The summed E-state index contributed by atoms with van der Waals surface area (Å²) in [6.45, 7) is 0. The first-order valence-corrected chi connectivity index (χ1v) is 5.94. The number of alkyl halides is 4. The number of carbonyl (C=O) groups is 1. The lowest BCUT2D eigenvalue weighted by atomic mass is 10.0. The van der Waals surface area contributed by atoms with Gasteiger partial charge < -0.3 is 4.74 Å². The van der Waals surface area contributed by atoms with E-state index in [9.17, 15) is 22.4 Å². The number of ether oxygens (including phenoxy) is 1. The molecule has 0 spiro atoms. The largest absolute Gasteiger partial charge is 0.472 e. The highest BCUT2D eigenvalue weighted by Crippen LogP contribution is 2.38. The van der Waals surface area contributed by atoms with E-state index in [1.54, 1.807) is 0 Å². The van der Waals surface area contributed by atoms with Gasteiger partial charge in [-0.25, -0.2) is 0 Å². The lowest BCUT2D eigenvalue weighted by Gasteiger charge is -2.25. The Balaban J connectivity index is 2.27. The Bertz CT molecular complexity index is 612. The summed E-state index contributed by atoms with van der Waals surface area (Å²) < 4.78 is 58.7. The summed E-state index contributed by atoms with van der Waals surface area (Å²) in [4.78, 5) is 11.6. The predicted molar refractivity (Wildman–Crippen MR) is 67.7 cm³/mol. The quantitative estimate of drug-likeness (QED) is 0.611. The smallest absolute Gasteiger partial charge is 0.428 e. The average Bonchev–Trinajstić information content (AvgIpc) is 2.47. The third-order valence-electron chi connectivity index (χ3n) is 2.68. The molecular weight excluding hydrogens is 288 g/mol. The molecular formula is C15H10F4O2. The lowest BCUT2D eigenvalue weighted by Crippen LogP contribution is -2.51. The van der Waals surface area contributed by atoms with Gasteiger partial charge >= 0.3 is 12.0 Å². The number of halogens is 4. The van der Waals surface area contributed by atoms with E-state index in [1.165, 1.54) is 36.4 Å². The van der Waals surface area contributed by atoms with Crippen LogP contribution in [-0.2, 0) is 0 Å². The zero-order chi connectivity index (χ0) is 15.5. The number of carbonyl (C=O) groups excluding carboxylic acids is 1. The molecule has 0 amide bonds. The minimum Gasteiger partial charge on any atom is -0.428 e. The maximum absolute atomic E-state index is 13.7. The van der Waals surface area contributed by atoms with Crippen LogP contribution in [0, 0.1) is 0 Å². The zero-order valence-corrected chi connectivity index (χ0v) is 10.6. The van der Waals surface area contributed by atoms with Gasteiger partial charge in [-0.1, -0.05) is 48.5 Å². The molecule has 0 unspecified atom stereocenters. The van der Waals surface area contributed by atoms with Crippen molar-refractivity contribution in [1.82, 2.24) is 0 Å². The molecule has 0 bridgehead atoms. The molecule has 0 saturated carbocycles. The van der Waals surface area contributed by atoms with Crippen LogP contribution in [0.3, 0.4) is 0 Å². The molecule has 0 aliphatic heterocycles. The molecule has 0 atom stereocenters. The van der Waals surface area contributed by atoms with Gasteiger partial charge in [-0.3, -0.25) is 4.79 Å². The zero-order valence-electron chi connectivity index (χ0n) is 10.6. The minimum atomic E-state index is -4.98. The number of Topliss-reactive ketones (excluding diaryl/α,β-unsaturated/α-hetero) is 1. The Morgan fingerprint density at radius 1 is 0.810 bits per heavy atom. The molecule has 0 fully saturated rings. The van der Waals surface area contributed by atoms with Crippen LogP contribution in [0.5, 0.6) is 5.75 Å². The molecule has 0 aromatic heterocycles. The fourth-order valence-electron chi connectivity index (χ4n) is 1.60. The normalized spacial score (nSPS) is 12.0. The van der Waals surface area contributed by atoms with Crippen LogP contribution in [-0.4, -0.2) is 17.8 Å². The van der Waals surface area contributed by atoms with Gasteiger partial charge in [0.2, 0.25) is 5.78 Å². The molecule has 6 heteroatoms. The number of rotatable bonds is 5. The van der Waals surface area contributed by atoms with Crippen LogP contribution in [0.15, 0.2) is 60.7 Å². The number of hydrogen-bond acceptors (Lipinski definition) is 2. The summed E-state index contributed by atoms with van der Waals surface area (Å²) in [7, 11) is 0. The summed E-state index contributed by atoms with van der Waals surface area (Å²) >= 11 is 0. The average molecular weight is 298 g/mol. The number of para-hydroxylation sites is 1. The van der Waals surface area contributed by atoms with Crippen molar-refractivity contribution in [3.05, 3.63) is 66.2 Å². The predicted octanol–water partition coefficient (Wildman–Crippen LogP) is 4.18. The summed E-state index contributed by atoms with van der Waals surface area (Å²) in [6, 6.07) is 12.6. The third kappa shape index (κ3) is 3.04. The van der Waals surface area contributed by atoms with Crippen molar-refractivity contribution < 1.29 is 27.1 Å². The summed E-state index contributed by atoms with van der Waals surface area (Å²) in [5, 5.41) is 0. The van der Waals surface area contributed by atoms with E-state index in [0.717, 1.165) is 24.3 Å². The Hall–Kier alpha value is -2.37. The summed E-state index contributed by atoms with van der Waals surface area (Å²) in [5.74, 6) is -7.43. The van der Waals surface area contributed by atoms with E-state index < -0.39 is 29.1 Å². The first-order valence-electron chi connectivity index (χ1n) is 5.94. The highest BCUT2D eigenvalue weighted by Gasteiger charge is 2.64. The fraction of sp³-hybridized carbons (Fsp3) is 0.133. The fourth-order valence-corrected chi connectivity index (χ4v) is 1.60. The number of hydrogen-bond donors (Lipinski definition) is 0. The van der Waals surface area contributed by atoms with Crippen LogP contribution >= 0.6 is 0 Å². The van der Waals surface area contributed by atoms with Crippen LogP contribution in [0.4, 0.5) is 17.6 Å². The second-order valence-electron chi connectivity index (χ2n) is 4.20. The molecule has 110 valence electrons. The van der Waals surface area contributed by atoms with Crippen LogP contribution < -0.4 is 4.74 Å². The first-order chi connectivity index (χ1) is 9.84. The highest BCUT2D eigenvalue weighted by atomic mass is 19.3. The second kappa shape index (κ2) is 5.55. The van der Waals surface area contributed by atoms with Gasteiger partial charge in [-0.15, -0.1) is 0 Å². The van der Waals surface area contributed by atoms with Crippen molar-refractivity contribution in [2.24, 2.45) is 0 Å². The topological polar surface area (TPSA) is 26.3 Å². The monoisotopic (exact) mass is 298 g/mol. The van der Waals surface area contributed by atoms with Gasteiger partial charge in [0.25, 0.3) is 0 Å². The molecule has 2 nitrogen and oxygen atoms in total. The lowest BCUT2D eigenvalue weighted by molar-refractivity contribution is -0.285. The molecule has 2 aromatic rings. The molecule has 0 radical (unpaired) electrons. The molecule has 21 heavy (non-hydrogen) atoms. The molecule has 0 aliphatic rings. The summed E-state index contributed by atoms with van der Waals surface area (Å²) in [6.07, 6.45) is -4.96. The molecule has 0 N–H and O–H groups in total. The minimum absolute atomic E-state index is 0.456. The number of ketones is 1. The van der Waals surface area contributed by atoms with Crippen molar-refractivity contribution in [3.63, 3.8) is 0 Å². The highest BCUT2D eigenvalue weighted by molar-refractivity contribution is 6.01. The molecule has 0 aliphatic carbocycles. The van der Waals surface area contributed by atoms with Crippen LogP contribution in [0.2, 0.25) is 0 Å². The SMILES string of the molecule is O=C(c1ccccc1)C(F)(F)C(F)(F)Oc1ccccc1. The Labute approximate surface area is 118 Å². The van der Waals surface area contributed by atoms with E-state index in [1.807, 2.05) is 0 Å². The number of benzene rings is 2.